The van der Waals surface area contributed by atoms with Crippen LogP contribution in [0.3, 0.4) is 0 Å². The number of benzene rings is 2. The molecule has 1 amide bonds. The molecule has 8 heteroatoms. The number of alkyl halides is 3. The molecule has 4 rings (SSSR count). The van der Waals surface area contributed by atoms with Crippen LogP contribution in [-0.2, 0) is 6.18 Å². The second-order valence-corrected chi connectivity index (χ2v) is 9.37. The number of hydrogen-bond acceptors (Lipinski definition) is 3. The van der Waals surface area contributed by atoms with Gasteiger partial charge in [0.25, 0.3) is 5.91 Å². The van der Waals surface area contributed by atoms with Crippen LogP contribution < -0.4 is 10.2 Å². The highest BCUT2D eigenvalue weighted by atomic mass is 127. The topological polar surface area (TPSA) is 45.2 Å². The molecule has 0 aliphatic carbocycles. The molecular formula is C25H23F3IN3O. The lowest BCUT2D eigenvalue weighted by Crippen LogP contribution is -2.33. The van der Waals surface area contributed by atoms with Crippen molar-refractivity contribution in [1.82, 2.24) is 4.98 Å². The van der Waals surface area contributed by atoms with Crippen molar-refractivity contribution < 1.29 is 18.0 Å². The molecule has 0 spiro atoms. The van der Waals surface area contributed by atoms with Gasteiger partial charge in [0.2, 0.25) is 0 Å². The van der Waals surface area contributed by atoms with E-state index in [0.717, 1.165) is 45.1 Å². The van der Waals surface area contributed by atoms with E-state index >= 15 is 0 Å². The zero-order valence-corrected chi connectivity index (χ0v) is 20.2. The number of aryl methyl sites for hydroxylation is 1. The van der Waals surface area contributed by atoms with Gasteiger partial charge in [-0.2, -0.15) is 13.2 Å². The van der Waals surface area contributed by atoms with Crippen molar-refractivity contribution in [1.29, 1.82) is 0 Å². The molecule has 4 nitrogen and oxygen atoms in total. The molecule has 0 bridgehead atoms. The molecule has 0 unspecified atom stereocenters. The van der Waals surface area contributed by atoms with E-state index < -0.39 is 11.7 Å². The van der Waals surface area contributed by atoms with Crippen LogP contribution in [0, 0.1) is 10.5 Å². The van der Waals surface area contributed by atoms with Crippen LogP contribution in [0.1, 0.15) is 45.8 Å². The van der Waals surface area contributed by atoms with E-state index in [1.165, 1.54) is 12.1 Å². The third kappa shape index (κ3) is 5.66. The lowest BCUT2D eigenvalue weighted by molar-refractivity contribution is -0.137. The highest BCUT2D eigenvalue weighted by Gasteiger charge is 2.31. The zero-order chi connectivity index (χ0) is 23.6. The van der Waals surface area contributed by atoms with Gasteiger partial charge in [0.1, 0.15) is 5.82 Å². The predicted octanol–water partition coefficient (Wildman–Crippen LogP) is 6.65. The van der Waals surface area contributed by atoms with Crippen LogP contribution in [0.2, 0.25) is 0 Å². The second-order valence-electron chi connectivity index (χ2n) is 8.21. The van der Waals surface area contributed by atoms with Gasteiger partial charge in [-0.1, -0.05) is 24.3 Å². The maximum atomic E-state index is 13.0. The van der Waals surface area contributed by atoms with Crippen LogP contribution in [-0.4, -0.2) is 24.0 Å². The normalized spacial score (nSPS) is 14.9. The summed E-state index contributed by atoms with van der Waals surface area (Å²) in [5, 5.41) is 2.89. The predicted molar refractivity (Wildman–Crippen MR) is 132 cm³/mol. The van der Waals surface area contributed by atoms with Gasteiger partial charge in [-0.25, -0.2) is 4.98 Å². The maximum Gasteiger partial charge on any atom is 0.416 e. The van der Waals surface area contributed by atoms with Crippen molar-refractivity contribution in [3.05, 3.63) is 86.6 Å². The first-order valence-corrected chi connectivity index (χ1v) is 11.7. The lowest BCUT2D eigenvalue weighted by atomic mass is 9.88. The standard InChI is InChI=1S/C25H23F3IN3O/c1-16-5-7-21(14-22(16)29)31-24(33)19-6-8-23(30-15-19)32-11-9-17(10-12-32)18-3-2-4-20(13-18)25(26,27)28/h2-8,13-15,17H,9-12H2,1H3,(H,31,33). The van der Waals surface area contributed by atoms with E-state index in [1.807, 2.05) is 31.2 Å². The van der Waals surface area contributed by atoms with Gasteiger partial charge >= 0.3 is 6.18 Å². The second kappa shape index (κ2) is 9.70. The quantitative estimate of drug-likeness (QED) is 0.361. The number of nitrogens with one attached hydrogen (secondary N) is 1. The van der Waals surface area contributed by atoms with E-state index in [-0.39, 0.29) is 11.8 Å². The molecule has 1 saturated heterocycles. The van der Waals surface area contributed by atoms with Gasteiger partial charge in [0.05, 0.1) is 11.1 Å². The SMILES string of the molecule is Cc1ccc(NC(=O)c2ccc(N3CCC(c4cccc(C(F)(F)F)c4)CC3)nc2)cc1I. The van der Waals surface area contributed by atoms with Crippen LogP contribution in [0.5, 0.6) is 0 Å². The third-order valence-electron chi connectivity index (χ3n) is 5.94. The van der Waals surface area contributed by atoms with Gasteiger partial charge in [-0.3, -0.25) is 4.79 Å². The van der Waals surface area contributed by atoms with Crippen molar-refractivity contribution in [2.75, 3.05) is 23.3 Å². The Balaban J connectivity index is 1.36. The Bertz CT molecular complexity index is 1140. The van der Waals surface area contributed by atoms with Gasteiger partial charge < -0.3 is 10.2 Å². The molecule has 2 heterocycles. The lowest BCUT2D eigenvalue weighted by Gasteiger charge is -2.33. The molecule has 1 aliphatic rings. The summed E-state index contributed by atoms with van der Waals surface area (Å²) in [4.78, 5) is 19.1. The van der Waals surface area contributed by atoms with Gasteiger partial charge in [0, 0.05) is 28.5 Å². The first kappa shape index (κ1) is 23.5. The summed E-state index contributed by atoms with van der Waals surface area (Å²) in [6.07, 6.45) is -1.27. The smallest absolute Gasteiger partial charge is 0.357 e. The summed E-state index contributed by atoms with van der Waals surface area (Å²) in [5.41, 5.74) is 2.48. The Labute approximate surface area is 204 Å². The van der Waals surface area contributed by atoms with E-state index in [2.05, 4.69) is 37.8 Å². The van der Waals surface area contributed by atoms with Gasteiger partial charge in [-0.05, 0) is 89.7 Å². The molecular weight excluding hydrogens is 542 g/mol. The summed E-state index contributed by atoms with van der Waals surface area (Å²) < 4.78 is 40.1. The zero-order valence-electron chi connectivity index (χ0n) is 18.0. The number of pyridine rings is 1. The Kier molecular flexibility index (Phi) is 6.92. The molecule has 2 aromatic carbocycles. The first-order valence-electron chi connectivity index (χ1n) is 10.7. The molecule has 0 atom stereocenters. The number of carbonyl (C=O) groups is 1. The molecule has 0 saturated carbocycles. The minimum Gasteiger partial charge on any atom is -0.357 e. The van der Waals surface area contributed by atoms with Crippen LogP contribution in [0.25, 0.3) is 0 Å². The summed E-state index contributed by atoms with van der Waals surface area (Å²) in [6.45, 7) is 3.40. The average molecular weight is 565 g/mol. The Hall–Kier alpha value is -2.62. The number of carbonyl (C=O) groups excluding carboxylic acids is 1. The summed E-state index contributed by atoms with van der Waals surface area (Å²) >= 11 is 2.23. The molecule has 172 valence electrons. The third-order valence-corrected chi connectivity index (χ3v) is 7.11. The average Bonchev–Trinajstić information content (AvgIpc) is 2.81. The maximum absolute atomic E-state index is 13.0. The van der Waals surface area contributed by atoms with Crippen molar-refractivity contribution in [3.63, 3.8) is 0 Å². The number of piperidine rings is 1. The van der Waals surface area contributed by atoms with E-state index in [0.29, 0.717) is 18.7 Å². The van der Waals surface area contributed by atoms with Gasteiger partial charge in [0.15, 0.2) is 0 Å². The minimum atomic E-state index is -4.33. The van der Waals surface area contributed by atoms with Crippen LogP contribution in [0.15, 0.2) is 60.8 Å². The molecule has 1 fully saturated rings. The number of hydrogen-bond donors (Lipinski definition) is 1. The number of amides is 1. The molecule has 33 heavy (non-hydrogen) atoms. The van der Waals surface area contributed by atoms with Crippen molar-refractivity contribution in [2.45, 2.75) is 31.9 Å². The Morgan fingerprint density at radius 2 is 1.85 bits per heavy atom. The van der Waals surface area contributed by atoms with Crippen LogP contribution >= 0.6 is 22.6 Å². The molecule has 1 aliphatic heterocycles. The Morgan fingerprint density at radius 1 is 1.09 bits per heavy atom. The first-order chi connectivity index (χ1) is 15.7. The van der Waals surface area contributed by atoms with E-state index in [1.54, 1.807) is 18.3 Å². The van der Waals surface area contributed by atoms with Crippen molar-refractivity contribution in [3.8, 4) is 0 Å². The summed E-state index contributed by atoms with van der Waals surface area (Å²) in [6, 6.07) is 14.9. The largest absolute Gasteiger partial charge is 0.416 e. The number of rotatable bonds is 4. The molecule has 3 aromatic rings. The molecule has 1 aromatic heterocycles. The highest BCUT2D eigenvalue weighted by Crippen LogP contribution is 2.34. The fourth-order valence-electron chi connectivity index (χ4n) is 3.99. The van der Waals surface area contributed by atoms with Crippen molar-refractivity contribution in [2.24, 2.45) is 0 Å². The fraction of sp³-hybridized carbons (Fsp3) is 0.280. The Morgan fingerprint density at radius 3 is 2.48 bits per heavy atom. The van der Waals surface area contributed by atoms with Crippen molar-refractivity contribution >= 4 is 40.0 Å². The summed E-state index contributed by atoms with van der Waals surface area (Å²) in [5.74, 6) is 0.627. The number of halogens is 4. The monoisotopic (exact) mass is 565 g/mol. The van der Waals surface area contributed by atoms with Gasteiger partial charge in [-0.15, -0.1) is 0 Å². The highest BCUT2D eigenvalue weighted by molar-refractivity contribution is 14.1. The van der Waals surface area contributed by atoms with E-state index in [4.69, 9.17) is 0 Å². The number of nitrogens with zero attached hydrogens (tertiary/aromatic N) is 2. The fourth-order valence-corrected chi connectivity index (χ4v) is 4.51. The minimum absolute atomic E-state index is 0.0888. The summed E-state index contributed by atoms with van der Waals surface area (Å²) in [7, 11) is 0. The molecule has 1 N–H and O–H groups in total. The molecule has 0 radical (unpaired) electrons. The van der Waals surface area contributed by atoms with E-state index in [9.17, 15) is 18.0 Å². The number of anilines is 2. The van der Waals surface area contributed by atoms with Crippen LogP contribution in [0.4, 0.5) is 24.7 Å². The number of aromatic nitrogens is 1.